The van der Waals surface area contributed by atoms with E-state index in [4.69, 9.17) is 0 Å². The van der Waals surface area contributed by atoms with Crippen molar-refractivity contribution in [3.8, 4) is 0 Å². The van der Waals surface area contributed by atoms with Crippen LogP contribution in [0.2, 0.25) is 0 Å². The van der Waals surface area contributed by atoms with E-state index in [-0.39, 0.29) is 5.56 Å². The number of benzene rings is 1. The van der Waals surface area contributed by atoms with Crippen LogP contribution in [0.5, 0.6) is 0 Å². The number of hydrogen-bond donors (Lipinski definition) is 0. The van der Waals surface area contributed by atoms with Crippen molar-refractivity contribution in [2.45, 2.75) is 156 Å². The van der Waals surface area contributed by atoms with E-state index in [0.717, 1.165) is 0 Å². The van der Waals surface area contributed by atoms with E-state index >= 15 is 0 Å². The molecule has 0 radical (unpaired) electrons. The van der Waals surface area contributed by atoms with Crippen LogP contribution >= 0.6 is 7.26 Å². The van der Waals surface area contributed by atoms with E-state index in [0.29, 0.717) is 0 Å². The van der Waals surface area contributed by atoms with Gasteiger partial charge >= 0.3 is 0 Å². The summed E-state index contributed by atoms with van der Waals surface area (Å²) in [7, 11) is -0.630. The summed E-state index contributed by atoms with van der Waals surface area (Å²) < 4.78 is 0. The molecule has 38 heavy (non-hydrogen) atoms. The number of rotatable bonds is 25. The minimum atomic E-state index is -1.13. The Morgan fingerprint density at radius 1 is 0.500 bits per heavy atom. The van der Waals surface area contributed by atoms with Gasteiger partial charge in [-0.15, -0.1) is 0 Å². The third-order valence-electron chi connectivity index (χ3n) is 7.95. The monoisotopic (exact) mass is 548 g/mol. The van der Waals surface area contributed by atoms with Crippen LogP contribution in [0.15, 0.2) is 30.3 Å². The molecule has 0 aliphatic carbocycles. The maximum absolute atomic E-state index is 10.1. The minimum Gasteiger partial charge on any atom is -0.545 e. The van der Waals surface area contributed by atoms with Gasteiger partial charge in [-0.25, -0.2) is 0 Å². The zero-order valence-corrected chi connectivity index (χ0v) is 27.0. The standard InChI is InChI=1S/C28H60P.C7H6O2/c1-5-9-13-14-15-16-17-18-19-20-21-22-23-24-28-29(25-10-6-2,26-11-7-3)27-12-8-4;8-7(9)6-4-2-1-3-5-6/h5-28H2,1-4H3;1-5H,(H,8,9)/q+1;/p-1. The summed E-state index contributed by atoms with van der Waals surface area (Å²) in [6.07, 6.45) is 36.0. The molecule has 0 aliphatic rings. The largest absolute Gasteiger partial charge is 0.545 e. The number of carboxylic acids is 1. The fraction of sp³-hybridized carbons (Fsp3) is 0.800. The Labute approximate surface area is 239 Å². The molecule has 3 heteroatoms. The van der Waals surface area contributed by atoms with Gasteiger partial charge in [0.05, 0.1) is 30.6 Å². The highest BCUT2D eigenvalue weighted by Gasteiger charge is 2.34. The van der Waals surface area contributed by atoms with Gasteiger partial charge in [0.15, 0.2) is 0 Å². The van der Waals surface area contributed by atoms with Gasteiger partial charge in [0, 0.05) is 7.26 Å². The van der Waals surface area contributed by atoms with E-state index in [1.807, 2.05) is 0 Å². The lowest BCUT2D eigenvalue weighted by Crippen LogP contribution is -2.21. The first kappa shape index (κ1) is 37.1. The number of aromatic carboxylic acids is 1. The van der Waals surface area contributed by atoms with Gasteiger partial charge in [0.2, 0.25) is 0 Å². The fourth-order valence-corrected chi connectivity index (χ4v) is 10.6. The molecule has 0 bridgehead atoms. The van der Waals surface area contributed by atoms with Crippen molar-refractivity contribution in [2.75, 3.05) is 24.6 Å². The Hall–Kier alpha value is -0.880. The molecule has 0 spiro atoms. The molecule has 0 unspecified atom stereocenters. The van der Waals surface area contributed by atoms with Crippen LogP contribution in [0.1, 0.15) is 166 Å². The molecule has 0 saturated heterocycles. The topological polar surface area (TPSA) is 40.1 Å². The molecule has 222 valence electrons. The van der Waals surface area contributed by atoms with Crippen molar-refractivity contribution in [2.24, 2.45) is 0 Å². The van der Waals surface area contributed by atoms with Gasteiger partial charge in [0.25, 0.3) is 0 Å². The van der Waals surface area contributed by atoms with Gasteiger partial charge < -0.3 is 9.90 Å². The first-order valence-corrected chi connectivity index (χ1v) is 19.2. The predicted molar refractivity (Wildman–Crippen MR) is 172 cm³/mol. The summed E-state index contributed by atoms with van der Waals surface area (Å²) in [5, 5.41) is 10.1. The van der Waals surface area contributed by atoms with E-state index in [1.54, 1.807) is 49.3 Å². The van der Waals surface area contributed by atoms with Crippen molar-refractivity contribution < 1.29 is 9.90 Å². The van der Waals surface area contributed by atoms with Gasteiger partial charge in [-0.1, -0.05) is 154 Å². The Balaban J connectivity index is 0.00000127. The molecule has 0 fully saturated rings. The molecular weight excluding hydrogens is 483 g/mol. The van der Waals surface area contributed by atoms with Crippen LogP contribution in [0, 0.1) is 0 Å². The Kier molecular flexibility index (Phi) is 27.0. The second kappa shape index (κ2) is 27.7. The van der Waals surface area contributed by atoms with Gasteiger partial charge in [-0.3, -0.25) is 0 Å². The molecular formula is C35H65O2P. The summed E-state index contributed by atoms with van der Waals surface area (Å²) in [6.45, 7) is 9.48. The number of hydrogen-bond acceptors (Lipinski definition) is 2. The highest BCUT2D eigenvalue weighted by atomic mass is 31.2. The molecule has 1 rings (SSSR count). The van der Waals surface area contributed by atoms with Crippen molar-refractivity contribution in [3.63, 3.8) is 0 Å². The van der Waals surface area contributed by atoms with E-state index in [2.05, 4.69) is 27.7 Å². The molecule has 1 aromatic rings. The SMILES string of the molecule is CCCCCCCCCCCCCCCC[P+](CCCC)(CCCC)CCCC.O=C([O-])c1ccccc1. The van der Waals surface area contributed by atoms with Crippen molar-refractivity contribution >= 4 is 13.2 Å². The quantitative estimate of drug-likeness (QED) is 0.0900. The highest BCUT2D eigenvalue weighted by molar-refractivity contribution is 7.75. The third-order valence-corrected chi connectivity index (χ3v) is 13.0. The van der Waals surface area contributed by atoms with Crippen molar-refractivity contribution in [1.82, 2.24) is 0 Å². The zero-order valence-electron chi connectivity index (χ0n) is 26.1. The molecule has 0 aromatic heterocycles. The predicted octanol–water partition coefficient (Wildman–Crippen LogP) is 10.9. The average Bonchev–Trinajstić information content (AvgIpc) is 2.94. The van der Waals surface area contributed by atoms with Crippen LogP contribution < -0.4 is 5.11 Å². The number of unbranched alkanes of at least 4 members (excludes halogenated alkanes) is 16. The van der Waals surface area contributed by atoms with Crippen LogP contribution in [-0.4, -0.2) is 30.6 Å². The molecule has 0 amide bonds. The second-order valence-corrected chi connectivity index (χ2v) is 16.0. The zero-order chi connectivity index (χ0) is 28.2. The third kappa shape index (κ3) is 22.0. The summed E-state index contributed by atoms with van der Waals surface area (Å²) >= 11 is 0. The van der Waals surface area contributed by atoms with Crippen LogP contribution in [0.4, 0.5) is 0 Å². The average molecular weight is 549 g/mol. The van der Waals surface area contributed by atoms with Crippen molar-refractivity contribution in [1.29, 1.82) is 0 Å². The smallest absolute Gasteiger partial charge is 0.0715 e. The lowest BCUT2D eigenvalue weighted by Gasteiger charge is -2.28. The van der Waals surface area contributed by atoms with E-state index < -0.39 is 13.2 Å². The molecule has 0 atom stereocenters. The molecule has 1 aromatic carbocycles. The van der Waals surface area contributed by atoms with Gasteiger partial charge in [-0.2, -0.15) is 0 Å². The summed E-state index contributed by atoms with van der Waals surface area (Å²) in [5.74, 6) is -1.13. The second-order valence-electron chi connectivity index (χ2n) is 11.5. The van der Waals surface area contributed by atoms with E-state index in [9.17, 15) is 9.90 Å². The first-order chi connectivity index (χ1) is 18.5. The molecule has 0 saturated carbocycles. The summed E-state index contributed by atoms with van der Waals surface area (Å²) in [5.41, 5.74) is 0.220. The highest BCUT2D eigenvalue weighted by Crippen LogP contribution is 2.61. The molecule has 0 aliphatic heterocycles. The van der Waals surface area contributed by atoms with Gasteiger partial charge in [0.1, 0.15) is 0 Å². The van der Waals surface area contributed by atoms with Crippen LogP contribution in [0.25, 0.3) is 0 Å². The van der Waals surface area contributed by atoms with Gasteiger partial charge in [-0.05, 0) is 37.7 Å². The van der Waals surface area contributed by atoms with Crippen LogP contribution in [-0.2, 0) is 0 Å². The maximum Gasteiger partial charge on any atom is 0.0715 e. The summed E-state index contributed by atoms with van der Waals surface area (Å²) in [4.78, 5) is 10.1. The Morgan fingerprint density at radius 2 is 0.816 bits per heavy atom. The normalized spacial score (nSPS) is 11.3. The van der Waals surface area contributed by atoms with E-state index in [1.165, 1.54) is 134 Å². The lowest BCUT2D eigenvalue weighted by atomic mass is 10.0. The Bertz CT molecular complexity index is 594. The minimum absolute atomic E-state index is 0.220. The molecule has 0 heterocycles. The molecule has 2 nitrogen and oxygen atoms in total. The number of carbonyl (C=O) groups excluding carboxylic acids is 1. The number of carboxylic acid groups (broad SMARTS) is 1. The number of carbonyl (C=O) groups is 1. The van der Waals surface area contributed by atoms with Crippen LogP contribution in [0.3, 0.4) is 0 Å². The fourth-order valence-electron chi connectivity index (χ4n) is 5.37. The maximum atomic E-state index is 10.1. The molecule has 0 N–H and O–H groups in total. The Morgan fingerprint density at radius 3 is 1.13 bits per heavy atom. The first-order valence-electron chi connectivity index (χ1n) is 16.7. The van der Waals surface area contributed by atoms with Crippen molar-refractivity contribution in [3.05, 3.63) is 35.9 Å². The summed E-state index contributed by atoms with van der Waals surface area (Å²) in [6, 6.07) is 8.06. The lowest BCUT2D eigenvalue weighted by molar-refractivity contribution is -0.255.